The highest BCUT2D eigenvalue weighted by molar-refractivity contribution is 6.03. The number of nitro groups is 1. The summed E-state index contributed by atoms with van der Waals surface area (Å²) in [6, 6.07) is 4.75. The van der Waals surface area contributed by atoms with Crippen LogP contribution in [-0.2, 0) is 7.05 Å². The van der Waals surface area contributed by atoms with Crippen molar-refractivity contribution in [2.45, 2.75) is 6.92 Å². The summed E-state index contributed by atoms with van der Waals surface area (Å²) in [5.41, 5.74) is 1.04. The number of pyridine rings is 1. The lowest BCUT2D eigenvalue weighted by atomic mass is 10.3. The van der Waals surface area contributed by atoms with Gasteiger partial charge < -0.3 is 9.88 Å². The molecule has 0 saturated carbocycles. The van der Waals surface area contributed by atoms with E-state index in [1.807, 2.05) is 13.0 Å². The number of aromatic nitrogens is 2. The van der Waals surface area contributed by atoms with Crippen molar-refractivity contribution in [3.63, 3.8) is 0 Å². The molecule has 0 radical (unpaired) electrons. The van der Waals surface area contributed by atoms with Gasteiger partial charge in [-0.3, -0.25) is 14.9 Å². The molecule has 0 aromatic carbocycles. The number of nitrogens with zero attached hydrogens (tertiary/aromatic N) is 3. The van der Waals surface area contributed by atoms with Gasteiger partial charge in [-0.05, 0) is 24.6 Å². The van der Waals surface area contributed by atoms with E-state index in [2.05, 4.69) is 10.3 Å². The van der Waals surface area contributed by atoms with Gasteiger partial charge in [0.05, 0.1) is 11.1 Å². The molecule has 1 amide bonds. The second-order valence-corrected chi connectivity index (χ2v) is 4.12. The predicted molar refractivity (Wildman–Crippen MR) is 69.0 cm³/mol. The van der Waals surface area contributed by atoms with Crippen molar-refractivity contribution in [2.24, 2.45) is 7.05 Å². The Bertz CT molecular complexity index is 648. The Morgan fingerprint density at radius 3 is 2.79 bits per heavy atom. The van der Waals surface area contributed by atoms with Crippen LogP contribution >= 0.6 is 0 Å². The lowest BCUT2D eigenvalue weighted by molar-refractivity contribution is -0.384. The van der Waals surface area contributed by atoms with Gasteiger partial charge in [-0.15, -0.1) is 0 Å². The van der Waals surface area contributed by atoms with Gasteiger partial charge in [0.15, 0.2) is 0 Å². The van der Waals surface area contributed by atoms with Crippen molar-refractivity contribution < 1.29 is 9.72 Å². The number of rotatable bonds is 3. The fourth-order valence-corrected chi connectivity index (χ4v) is 1.66. The highest BCUT2D eigenvalue weighted by Gasteiger charge is 2.17. The van der Waals surface area contributed by atoms with Crippen LogP contribution in [0.3, 0.4) is 0 Å². The number of hydrogen-bond acceptors (Lipinski definition) is 4. The lowest BCUT2D eigenvalue weighted by Gasteiger charge is -2.05. The molecule has 2 rings (SSSR count). The van der Waals surface area contributed by atoms with E-state index in [-0.39, 0.29) is 11.4 Å². The van der Waals surface area contributed by atoms with Gasteiger partial charge >= 0.3 is 0 Å². The molecule has 0 spiro atoms. The summed E-state index contributed by atoms with van der Waals surface area (Å²) in [6.07, 6.45) is 2.87. The summed E-state index contributed by atoms with van der Waals surface area (Å²) < 4.78 is 1.41. The van der Waals surface area contributed by atoms with Gasteiger partial charge in [-0.1, -0.05) is 0 Å². The van der Waals surface area contributed by atoms with E-state index in [1.165, 1.54) is 16.8 Å². The van der Waals surface area contributed by atoms with Crippen LogP contribution in [-0.4, -0.2) is 20.4 Å². The van der Waals surface area contributed by atoms with E-state index in [4.69, 9.17) is 0 Å². The van der Waals surface area contributed by atoms with E-state index >= 15 is 0 Å². The molecule has 0 atom stereocenters. The molecule has 98 valence electrons. The maximum atomic E-state index is 12.0. The molecule has 0 aliphatic rings. The van der Waals surface area contributed by atoms with E-state index in [0.717, 1.165) is 5.56 Å². The first-order valence-electron chi connectivity index (χ1n) is 5.52. The van der Waals surface area contributed by atoms with Crippen LogP contribution in [0.5, 0.6) is 0 Å². The molecular formula is C12H12N4O3. The first-order valence-corrected chi connectivity index (χ1v) is 5.52. The number of carbonyl (C=O) groups excluding carboxylic acids is 1. The molecule has 2 aromatic rings. The summed E-state index contributed by atoms with van der Waals surface area (Å²) in [6.45, 7) is 1.88. The zero-order valence-corrected chi connectivity index (χ0v) is 10.5. The van der Waals surface area contributed by atoms with Crippen molar-refractivity contribution in [1.82, 2.24) is 9.55 Å². The highest BCUT2D eigenvalue weighted by atomic mass is 16.6. The average Bonchev–Trinajstić information content (AvgIpc) is 2.71. The van der Waals surface area contributed by atoms with Gasteiger partial charge in [-0.25, -0.2) is 4.98 Å². The van der Waals surface area contributed by atoms with Crippen molar-refractivity contribution in [3.8, 4) is 0 Å². The number of aryl methyl sites for hydroxylation is 2. The Balaban J connectivity index is 2.23. The highest BCUT2D eigenvalue weighted by Crippen LogP contribution is 2.16. The maximum absolute atomic E-state index is 12.0. The minimum Gasteiger partial charge on any atom is -0.340 e. The zero-order valence-electron chi connectivity index (χ0n) is 10.5. The van der Waals surface area contributed by atoms with E-state index in [9.17, 15) is 14.9 Å². The second kappa shape index (κ2) is 4.89. The molecule has 2 aromatic heterocycles. The summed E-state index contributed by atoms with van der Waals surface area (Å²) in [5, 5.41) is 13.2. The van der Waals surface area contributed by atoms with Crippen LogP contribution in [0.1, 0.15) is 16.1 Å². The van der Waals surface area contributed by atoms with Gasteiger partial charge in [0.1, 0.15) is 11.5 Å². The Morgan fingerprint density at radius 2 is 2.21 bits per heavy atom. The Hall–Kier alpha value is -2.70. The molecule has 1 N–H and O–H groups in total. The van der Waals surface area contributed by atoms with Gasteiger partial charge in [0.2, 0.25) is 0 Å². The maximum Gasteiger partial charge on any atom is 0.287 e. The average molecular weight is 260 g/mol. The molecule has 0 aliphatic heterocycles. The Morgan fingerprint density at radius 1 is 1.47 bits per heavy atom. The van der Waals surface area contributed by atoms with Crippen molar-refractivity contribution >= 4 is 17.4 Å². The molecule has 7 heteroatoms. The van der Waals surface area contributed by atoms with Crippen LogP contribution in [0, 0.1) is 17.0 Å². The first kappa shape index (κ1) is 12.7. The van der Waals surface area contributed by atoms with Crippen LogP contribution in [0.25, 0.3) is 0 Å². The van der Waals surface area contributed by atoms with E-state index in [1.54, 1.807) is 19.3 Å². The fourth-order valence-electron chi connectivity index (χ4n) is 1.66. The van der Waals surface area contributed by atoms with Crippen LogP contribution < -0.4 is 5.32 Å². The third kappa shape index (κ3) is 2.76. The zero-order chi connectivity index (χ0) is 14.0. The molecule has 7 nitrogen and oxygen atoms in total. The smallest absolute Gasteiger partial charge is 0.287 e. The summed E-state index contributed by atoms with van der Waals surface area (Å²) in [7, 11) is 1.57. The number of nitrogens with one attached hydrogen (secondary N) is 1. The predicted octanol–water partition coefficient (Wildman–Crippen LogP) is 1.89. The normalized spacial score (nSPS) is 10.2. The van der Waals surface area contributed by atoms with Crippen LogP contribution in [0.15, 0.2) is 30.6 Å². The quantitative estimate of drug-likeness (QED) is 0.674. The number of anilines is 1. The molecule has 2 heterocycles. The first-order chi connectivity index (χ1) is 8.97. The second-order valence-electron chi connectivity index (χ2n) is 4.12. The summed E-state index contributed by atoms with van der Waals surface area (Å²) in [5.74, 6) is -0.0254. The lowest BCUT2D eigenvalue weighted by Crippen LogP contribution is -2.16. The number of amides is 1. The molecule has 0 aliphatic carbocycles. The van der Waals surface area contributed by atoms with E-state index < -0.39 is 10.8 Å². The standard InChI is InChI=1S/C12H12N4O3/c1-8-3-4-13-11(5-8)14-12(17)10-6-9(16(18)19)7-15(10)2/h3-7H,1-2H3,(H,13,14,17). The molecule has 0 fully saturated rings. The van der Waals surface area contributed by atoms with Crippen molar-refractivity contribution in [3.05, 3.63) is 52.0 Å². The fraction of sp³-hybridized carbons (Fsp3) is 0.167. The number of hydrogen-bond donors (Lipinski definition) is 1. The summed E-state index contributed by atoms with van der Waals surface area (Å²) in [4.78, 5) is 26.1. The van der Waals surface area contributed by atoms with Gasteiger partial charge in [0.25, 0.3) is 11.6 Å². The molecule has 19 heavy (non-hydrogen) atoms. The monoisotopic (exact) mass is 260 g/mol. The summed E-state index contributed by atoms with van der Waals surface area (Å²) >= 11 is 0. The van der Waals surface area contributed by atoms with Crippen LogP contribution in [0.2, 0.25) is 0 Å². The Kier molecular flexibility index (Phi) is 3.28. The minimum atomic E-state index is -0.540. The molecular weight excluding hydrogens is 248 g/mol. The number of carbonyl (C=O) groups is 1. The largest absolute Gasteiger partial charge is 0.340 e. The Labute approximate surface area is 109 Å². The van der Waals surface area contributed by atoms with Gasteiger partial charge in [-0.2, -0.15) is 0 Å². The third-order valence-electron chi connectivity index (χ3n) is 2.59. The van der Waals surface area contributed by atoms with Crippen LogP contribution in [0.4, 0.5) is 11.5 Å². The minimum absolute atomic E-state index is 0.121. The molecule has 0 bridgehead atoms. The van der Waals surface area contributed by atoms with Gasteiger partial charge in [0, 0.05) is 19.3 Å². The van der Waals surface area contributed by atoms with Crippen molar-refractivity contribution in [1.29, 1.82) is 0 Å². The molecule has 0 saturated heterocycles. The van der Waals surface area contributed by atoms with Crippen molar-refractivity contribution in [2.75, 3.05) is 5.32 Å². The third-order valence-corrected chi connectivity index (χ3v) is 2.59. The molecule has 0 unspecified atom stereocenters. The topological polar surface area (TPSA) is 90.1 Å². The SMILES string of the molecule is Cc1ccnc(NC(=O)c2cc([N+](=O)[O-])cn2C)c1. The van der Waals surface area contributed by atoms with E-state index in [0.29, 0.717) is 5.82 Å².